The number of aryl methyl sites for hydroxylation is 1. The molecule has 1 heterocycles. The van der Waals surface area contributed by atoms with Crippen LogP contribution in [0.2, 0.25) is 0 Å². The summed E-state index contributed by atoms with van der Waals surface area (Å²) in [5.74, 6) is -0.322. The highest BCUT2D eigenvalue weighted by Gasteiger charge is 2.14. The number of aliphatic hydroxyl groups excluding tert-OH is 1. The maximum Gasteiger partial charge on any atom is 0.260 e. The first kappa shape index (κ1) is 12.1. The Morgan fingerprint density at radius 2 is 2.24 bits per heavy atom. The second kappa shape index (κ2) is 4.89. The van der Waals surface area contributed by atoms with Gasteiger partial charge in [-0.15, -0.1) is 0 Å². The summed E-state index contributed by atoms with van der Waals surface area (Å²) in [6.07, 6.45) is 2.28. The van der Waals surface area contributed by atoms with Crippen LogP contribution in [0.5, 0.6) is 0 Å². The lowest BCUT2D eigenvalue weighted by Crippen LogP contribution is -1.97. The largest absolute Gasteiger partial charge is 0.440 e. The van der Waals surface area contributed by atoms with E-state index in [4.69, 9.17) is 4.42 Å². The fraction of sp³-hybridized carbons (Fsp3) is 0.250. The Balaban J connectivity index is 2.41. The van der Waals surface area contributed by atoms with Gasteiger partial charge in [-0.25, -0.2) is 9.37 Å². The van der Waals surface area contributed by atoms with Crippen LogP contribution in [-0.4, -0.2) is 10.1 Å². The van der Waals surface area contributed by atoms with E-state index in [1.165, 1.54) is 24.1 Å². The molecule has 5 heteroatoms. The van der Waals surface area contributed by atoms with Crippen LogP contribution in [0.4, 0.5) is 4.39 Å². The SMILES string of the molecule is Cc1cc(Sc2ncco2)c(C(C)O)cc1F. The number of rotatable bonds is 3. The topological polar surface area (TPSA) is 46.3 Å². The van der Waals surface area contributed by atoms with Crippen LogP contribution in [-0.2, 0) is 0 Å². The Morgan fingerprint density at radius 3 is 2.82 bits per heavy atom. The lowest BCUT2D eigenvalue weighted by Gasteiger charge is -2.11. The molecule has 0 aliphatic rings. The zero-order valence-corrected chi connectivity index (χ0v) is 10.3. The predicted octanol–water partition coefficient (Wildman–Crippen LogP) is 3.33. The van der Waals surface area contributed by atoms with Gasteiger partial charge >= 0.3 is 0 Å². The summed E-state index contributed by atoms with van der Waals surface area (Å²) in [5.41, 5.74) is 1.07. The highest BCUT2D eigenvalue weighted by Crippen LogP contribution is 2.34. The van der Waals surface area contributed by atoms with Crippen molar-refractivity contribution in [3.8, 4) is 0 Å². The van der Waals surface area contributed by atoms with Gasteiger partial charge in [0.15, 0.2) is 0 Å². The maximum atomic E-state index is 13.4. The molecule has 2 aromatic rings. The molecule has 0 amide bonds. The fourth-order valence-corrected chi connectivity index (χ4v) is 2.43. The number of aromatic nitrogens is 1. The fourth-order valence-electron chi connectivity index (χ4n) is 1.44. The van der Waals surface area contributed by atoms with Gasteiger partial charge in [-0.3, -0.25) is 0 Å². The monoisotopic (exact) mass is 253 g/mol. The minimum absolute atomic E-state index is 0.322. The predicted molar refractivity (Wildman–Crippen MR) is 62.4 cm³/mol. The summed E-state index contributed by atoms with van der Waals surface area (Å²) in [4.78, 5) is 4.74. The van der Waals surface area contributed by atoms with Crippen molar-refractivity contribution in [3.63, 3.8) is 0 Å². The van der Waals surface area contributed by atoms with E-state index in [2.05, 4.69) is 4.98 Å². The molecule has 1 unspecified atom stereocenters. The second-order valence-corrected chi connectivity index (χ2v) is 4.71. The van der Waals surface area contributed by atoms with Gasteiger partial charge in [-0.1, -0.05) is 0 Å². The standard InChI is InChI=1S/C12H12FNO2S/c1-7-5-11(17-12-14-3-4-16-12)9(8(2)15)6-10(7)13/h3-6,8,15H,1-2H3. The molecular weight excluding hydrogens is 241 g/mol. The van der Waals surface area contributed by atoms with Crippen LogP contribution in [0.1, 0.15) is 24.2 Å². The quantitative estimate of drug-likeness (QED) is 0.911. The van der Waals surface area contributed by atoms with Crippen molar-refractivity contribution in [1.29, 1.82) is 0 Å². The Morgan fingerprint density at radius 1 is 1.47 bits per heavy atom. The molecule has 0 fully saturated rings. The number of aliphatic hydroxyl groups is 1. The number of hydrogen-bond donors (Lipinski definition) is 1. The highest BCUT2D eigenvalue weighted by molar-refractivity contribution is 7.99. The molecule has 0 aliphatic heterocycles. The van der Waals surface area contributed by atoms with Gasteiger partial charge in [-0.05, 0) is 48.9 Å². The van der Waals surface area contributed by atoms with Crippen LogP contribution in [0.25, 0.3) is 0 Å². The smallest absolute Gasteiger partial charge is 0.260 e. The lowest BCUT2D eigenvalue weighted by atomic mass is 10.1. The molecule has 0 aliphatic carbocycles. The Bertz CT molecular complexity index is 511. The van der Waals surface area contributed by atoms with E-state index in [1.807, 2.05) is 0 Å². The molecule has 3 nitrogen and oxygen atoms in total. The molecule has 0 bridgehead atoms. The van der Waals surface area contributed by atoms with Crippen LogP contribution in [0.3, 0.4) is 0 Å². The number of halogens is 1. The number of benzene rings is 1. The van der Waals surface area contributed by atoms with Crippen molar-refractivity contribution < 1.29 is 13.9 Å². The van der Waals surface area contributed by atoms with Crippen LogP contribution in [0.15, 0.2) is 39.1 Å². The molecule has 1 aromatic heterocycles. The van der Waals surface area contributed by atoms with Gasteiger partial charge in [0.25, 0.3) is 5.22 Å². The number of hydrogen-bond acceptors (Lipinski definition) is 4. The molecule has 0 saturated heterocycles. The Kier molecular flexibility index (Phi) is 3.49. The first-order chi connectivity index (χ1) is 8.08. The average molecular weight is 253 g/mol. The van der Waals surface area contributed by atoms with Crippen molar-refractivity contribution in [2.45, 2.75) is 30.1 Å². The van der Waals surface area contributed by atoms with Crippen molar-refractivity contribution in [1.82, 2.24) is 4.98 Å². The summed E-state index contributed by atoms with van der Waals surface area (Å²) in [5, 5.41) is 10.1. The van der Waals surface area contributed by atoms with E-state index in [1.54, 1.807) is 26.1 Å². The summed E-state index contributed by atoms with van der Waals surface area (Å²) >= 11 is 1.27. The summed E-state index contributed by atoms with van der Waals surface area (Å²) in [6.45, 7) is 3.28. The van der Waals surface area contributed by atoms with Crippen molar-refractivity contribution in [2.24, 2.45) is 0 Å². The third-order valence-electron chi connectivity index (χ3n) is 2.35. The maximum absolute atomic E-state index is 13.4. The van der Waals surface area contributed by atoms with Crippen molar-refractivity contribution >= 4 is 11.8 Å². The molecular formula is C12H12FNO2S. The van der Waals surface area contributed by atoms with Crippen molar-refractivity contribution in [3.05, 3.63) is 41.5 Å². The Hall–Kier alpha value is -1.33. The lowest BCUT2D eigenvalue weighted by molar-refractivity contribution is 0.195. The van der Waals surface area contributed by atoms with Gasteiger partial charge in [0.05, 0.1) is 12.3 Å². The third kappa shape index (κ3) is 2.68. The molecule has 1 aromatic carbocycles. The molecule has 90 valence electrons. The van der Waals surface area contributed by atoms with Crippen LogP contribution in [0, 0.1) is 12.7 Å². The molecule has 0 spiro atoms. The first-order valence-corrected chi connectivity index (χ1v) is 5.95. The van der Waals surface area contributed by atoms with Crippen LogP contribution < -0.4 is 0 Å². The third-order valence-corrected chi connectivity index (χ3v) is 3.30. The molecule has 0 saturated carbocycles. The number of nitrogens with zero attached hydrogens (tertiary/aromatic N) is 1. The Labute approximate surface area is 103 Å². The minimum atomic E-state index is -0.734. The van der Waals surface area contributed by atoms with Gasteiger partial charge in [0, 0.05) is 4.90 Å². The van der Waals surface area contributed by atoms with E-state index in [0.29, 0.717) is 16.3 Å². The molecule has 1 atom stereocenters. The normalized spacial score (nSPS) is 12.7. The molecule has 0 radical (unpaired) electrons. The van der Waals surface area contributed by atoms with E-state index in [-0.39, 0.29) is 5.82 Å². The highest BCUT2D eigenvalue weighted by atomic mass is 32.2. The van der Waals surface area contributed by atoms with Gasteiger partial charge in [0.2, 0.25) is 0 Å². The molecule has 17 heavy (non-hydrogen) atoms. The minimum Gasteiger partial charge on any atom is -0.440 e. The van der Waals surface area contributed by atoms with Gasteiger partial charge < -0.3 is 9.52 Å². The van der Waals surface area contributed by atoms with E-state index >= 15 is 0 Å². The first-order valence-electron chi connectivity index (χ1n) is 5.13. The number of oxazole rings is 1. The van der Waals surface area contributed by atoms with Gasteiger partial charge in [-0.2, -0.15) is 0 Å². The zero-order chi connectivity index (χ0) is 12.4. The van der Waals surface area contributed by atoms with E-state index < -0.39 is 6.10 Å². The average Bonchev–Trinajstić information content (AvgIpc) is 2.75. The van der Waals surface area contributed by atoms with Crippen LogP contribution >= 0.6 is 11.8 Å². The van der Waals surface area contributed by atoms with Gasteiger partial charge in [0.1, 0.15) is 12.1 Å². The zero-order valence-electron chi connectivity index (χ0n) is 9.48. The van der Waals surface area contributed by atoms with E-state index in [0.717, 1.165) is 4.90 Å². The molecule has 1 N–H and O–H groups in total. The summed E-state index contributed by atoms with van der Waals surface area (Å²) < 4.78 is 18.6. The molecule has 2 rings (SSSR count). The second-order valence-electron chi connectivity index (χ2n) is 3.72. The van der Waals surface area contributed by atoms with Crippen molar-refractivity contribution in [2.75, 3.05) is 0 Å². The summed E-state index contributed by atoms with van der Waals surface area (Å²) in [7, 11) is 0. The van der Waals surface area contributed by atoms with E-state index in [9.17, 15) is 9.50 Å². The summed E-state index contributed by atoms with van der Waals surface area (Å²) in [6, 6.07) is 3.04.